The van der Waals surface area contributed by atoms with Gasteiger partial charge in [-0.15, -0.1) is 23.2 Å². The monoisotopic (exact) mass is 564 g/mol. The Morgan fingerprint density at radius 2 is 1.49 bits per heavy atom. The number of hydrogen-bond acceptors (Lipinski definition) is 2. The van der Waals surface area contributed by atoms with Crippen LogP contribution in [-0.2, 0) is 4.79 Å². The highest BCUT2D eigenvalue weighted by atomic mass is 35.5. The molecule has 0 bridgehead atoms. The Bertz CT molecular complexity index is 1370. The number of carbonyl (C=O) groups excluding carboxylic acids is 2. The van der Waals surface area contributed by atoms with Crippen LogP contribution in [0, 0.1) is 29.2 Å². The smallest absolute Gasteiger partial charge is 0.260 e. The number of halogens is 8. The highest BCUT2D eigenvalue weighted by molar-refractivity contribution is 6.53. The van der Waals surface area contributed by atoms with Gasteiger partial charge in [-0.3, -0.25) is 9.59 Å². The lowest BCUT2D eigenvalue weighted by molar-refractivity contribution is -0.117. The van der Waals surface area contributed by atoms with Crippen molar-refractivity contribution in [1.82, 2.24) is 0 Å². The van der Waals surface area contributed by atoms with Crippen LogP contribution < -0.4 is 10.6 Å². The molecule has 0 heterocycles. The van der Waals surface area contributed by atoms with Gasteiger partial charge < -0.3 is 10.6 Å². The van der Waals surface area contributed by atoms with Crippen LogP contribution in [0.3, 0.4) is 0 Å². The van der Waals surface area contributed by atoms with Crippen LogP contribution in [0.1, 0.15) is 21.8 Å². The fourth-order valence-electron chi connectivity index (χ4n) is 3.62. The summed E-state index contributed by atoms with van der Waals surface area (Å²) < 4.78 is 54.0. The molecule has 4 rings (SSSR count). The molecular formula is C23H12Cl4F4N2O2. The Balaban J connectivity index is 1.56. The third kappa shape index (κ3) is 4.93. The van der Waals surface area contributed by atoms with Crippen LogP contribution in [0.25, 0.3) is 0 Å². The Morgan fingerprint density at radius 1 is 0.800 bits per heavy atom. The molecular weight excluding hydrogens is 554 g/mol. The van der Waals surface area contributed by atoms with E-state index in [9.17, 15) is 22.8 Å². The van der Waals surface area contributed by atoms with Crippen molar-refractivity contribution in [2.45, 2.75) is 10.3 Å². The van der Waals surface area contributed by atoms with Gasteiger partial charge in [0.1, 0.15) is 21.8 Å². The molecule has 2 N–H and O–H groups in total. The summed E-state index contributed by atoms with van der Waals surface area (Å²) >= 11 is 24.3. The van der Waals surface area contributed by atoms with Crippen LogP contribution >= 0.6 is 46.4 Å². The molecule has 4 nitrogen and oxygen atoms in total. The molecule has 12 heteroatoms. The molecule has 35 heavy (non-hydrogen) atoms. The zero-order chi connectivity index (χ0) is 25.7. The van der Waals surface area contributed by atoms with Crippen molar-refractivity contribution < 1.29 is 27.2 Å². The number of carbonyl (C=O) groups is 2. The molecule has 3 aromatic rings. The van der Waals surface area contributed by atoms with Gasteiger partial charge in [-0.05, 0) is 42.0 Å². The van der Waals surface area contributed by atoms with Gasteiger partial charge in [0.15, 0.2) is 5.82 Å². The maximum Gasteiger partial charge on any atom is 0.260 e. The van der Waals surface area contributed by atoms with Gasteiger partial charge in [-0.2, -0.15) is 0 Å². The molecule has 2 atom stereocenters. The summed E-state index contributed by atoms with van der Waals surface area (Å²) in [6.07, 6.45) is 0. The Hall–Kier alpha value is -2.52. The first-order valence-electron chi connectivity index (χ1n) is 9.79. The Morgan fingerprint density at radius 3 is 2.14 bits per heavy atom. The van der Waals surface area contributed by atoms with Crippen molar-refractivity contribution in [2.24, 2.45) is 5.92 Å². The number of benzene rings is 3. The molecule has 0 spiro atoms. The van der Waals surface area contributed by atoms with Gasteiger partial charge in [0, 0.05) is 12.0 Å². The number of rotatable bonds is 5. The van der Waals surface area contributed by atoms with Crippen LogP contribution in [0.15, 0.2) is 48.5 Å². The highest BCUT2D eigenvalue weighted by Crippen LogP contribution is 2.65. The predicted octanol–water partition coefficient (Wildman–Crippen LogP) is 7.33. The van der Waals surface area contributed by atoms with Crippen molar-refractivity contribution in [3.63, 3.8) is 0 Å². The lowest BCUT2D eigenvalue weighted by atomic mass is 10.1. The summed E-state index contributed by atoms with van der Waals surface area (Å²) in [4.78, 5) is 25.4. The molecule has 1 saturated carbocycles. The average molecular weight is 566 g/mol. The normalized spacial score (nSPS) is 18.2. The second-order valence-electron chi connectivity index (χ2n) is 7.65. The van der Waals surface area contributed by atoms with E-state index in [1.54, 1.807) is 0 Å². The van der Waals surface area contributed by atoms with Crippen LogP contribution in [-0.4, -0.2) is 16.1 Å². The largest absolute Gasteiger partial charge is 0.323 e. The van der Waals surface area contributed by atoms with Crippen molar-refractivity contribution in [3.05, 3.63) is 93.0 Å². The molecule has 1 aliphatic carbocycles. The lowest BCUT2D eigenvalue weighted by Gasteiger charge is -2.12. The van der Waals surface area contributed by atoms with Crippen LogP contribution in [0.4, 0.5) is 28.9 Å². The number of amides is 2. The number of nitrogens with one attached hydrogen (secondary N) is 2. The second-order valence-corrected chi connectivity index (χ2v) is 9.91. The fourth-order valence-corrected chi connectivity index (χ4v) is 4.87. The third-order valence-corrected chi connectivity index (χ3v) is 6.94. The molecule has 182 valence electrons. The van der Waals surface area contributed by atoms with E-state index >= 15 is 4.39 Å². The average Bonchev–Trinajstić information content (AvgIpc) is 3.36. The zero-order valence-corrected chi connectivity index (χ0v) is 20.1. The molecule has 0 radical (unpaired) electrons. The van der Waals surface area contributed by atoms with E-state index in [0.717, 1.165) is 30.3 Å². The third-order valence-electron chi connectivity index (χ3n) is 5.39. The topological polar surface area (TPSA) is 58.2 Å². The lowest BCUT2D eigenvalue weighted by Crippen LogP contribution is -2.20. The van der Waals surface area contributed by atoms with E-state index < -0.39 is 68.2 Å². The molecule has 1 fully saturated rings. The van der Waals surface area contributed by atoms with Crippen LogP contribution in [0.2, 0.25) is 10.0 Å². The van der Waals surface area contributed by atoms with Gasteiger partial charge in [0.25, 0.3) is 5.91 Å². The summed E-state index contributed by atoms with van der Waals surface area (Å²) in [7, 11) is 0. The van der Waals surface area contributed by atoms with E-state index in [2.05, 4.69) is 10.6 Å². The van der Waals surface area contributed by atoms with Crippen molar-refractivity contribution in [3.8, 4) is 0 Å². The molecule has 1 aliphatic rings. The molecule has 0 saturated heterocycles. The van der Waals surface area contributed by atoms with Crippen molar-refractivity contribution in [2.75, 3.05) is 10.6 Å². The summed E-state index contributed by atoms with van der Waals surface area (Å²) in [5.41, 5.74) is -1.11. The van der Waals surface area contributed by atoms with Crippen molar-refractivity contribution >= 4 is 69.6 Å². The quantitative estimate of drug-likeness (QED) is 0.251. The fraction of sp³-hybridized carbons (Fsp3) is 0.130. The highest BCUT2D eigenvalue weighted by Gasteiger charge is 2.67. The summed E-state index contributed by atoms with van der Waals surface area (Å²) in [6.45, 7) is 0. The maximum atomic E-state index is 15.2. The predicted molar refractivity (Wildman–Crippen MR) is 126 cm³/mol. The Labute approximate surface area is 216 Å². The van der Waals surface area contributed by atoms with E-state index in [-0.39, 0.29) is 10.0 Å². The van der Waals surface area contributed by atoms with Gasteiger partial charge in [0.2, 0.25) is 5.91 Å². The minimum Gasteiger partial charge on any atom is -0.323 e. The standard InChI is InChI=1S/C23H12Cl4F4N2O2/c24-11-3-6-16(20(31)17(11)21(34)32-15-5-2-10(28)8-14(15)30)33-22(35)19-18(23(19,26)27)9-1-4-13(29)12(25)7-9/h1-8,18-19H,(H,32,34)(H,33,35)/t18-,19?/m0/s1. The first-order chi connectivity index (χ1) is 16.4. The van der Waals surface area contributed by atoms with Crippen LogP contribution in [0.5, 0.6) is 0 Å². The minimum atomic E-state index is -1.57. The van der Waals surface area contributed by atoms with Gasteiger partial charge >= 0.3 is 0 Å². The number of anilines is 2. The summed E-state index contributed by atoms with van der Waals surface area (Å²) in [5, 5.41) is 3.90. The van der Waals surface area contributed by atoms with Crippen molar-refractivity contribution in [1.29, 1.82) is 0 Å². The van der Waals surface area contributed by atoms with E-state index in [1.165, 1.54) is 12.1 Å². The van der Waals surface area contributed by atoms with E-state index in [0.29, 0.717) is 11.6 Å². The second kappa shape index (κ2) is 9.50. The first kappa shape index (κ1) is 25.6. The summed E-state index contributed by atoms with van der Waals surface area (Å²) in [6, 6.07) is 8.41. The number of alkyl halides is 2. The number of hydrogen-bond donors (Lipinski definition) is 2. The zero-order valence-electron chi connectivity index (χ0n) is 17.1. The first-order valence-corrected chi connectivity index (χ1v) is 11.3. The molecule has 0 aliphatic heterocycles. The van der Waals surface area contributed by atoms with E-state index in [4.69, 9.17) is 46.4 Å². The molecule has 3 aromatic carbocycles. The molecule has 1 unspecified atom stereocenters. The minimum absolute atomic E-state index is 0.185. The van der Waals surface area contributed by atoms with Gasteiger partial charge in [-0.1, -0.05) is 29.3 Å². The SMILES string of the molecule is O=C(Nc1ccc(F)cc1F)c1c(Cl)ccc(NC(=O)C2[C@H](c3ccc(F)c(Cl)c3)C2(Cl)Cl)c1F. The molecule has 0 aromatic heterocycles. The molecule has 2 amide bonds. The van der Waals surface area contributed by atoms with Gasteiger partial charge in [-0.25, -0.2) is 17.6 Å². The maximum absolute atomic E-state index is 15.2. The Kier molecular flexibility index (Phi) is 6.94. The van der Waals surface area contributed by atoms with Gasteiger partial charge in [0.05, 0.1) is 32.9 Å². The van der Waals surface area contributed by atoms with E-state index in [1.807, 2.05) is 0 Å². The summed E-state index contributed by atoms with van der Waals surface area (Å²) in [5.74, 6) is -7.55.